The zero-order valence-corrected chi connectivity index (χ0v) is 9.81. The summed E-state index contributed by atoms with van der Waals surface area (Å²) in [5.74, 6) is -0.365. The number of rotatable bonds is 2. The summed E-state index contributed by atoms with van der Waals surface area (Å²) in [7, 11) is 3.17. The van der Waals surface area contributed by atoms with Crippen LogP contribution < -0.4 is 5.73 Å². The molecule has 0 radical (unpaired) electrons. The van der Waals surface area contributed by atoms with Crippen molar-refractivity contribution in [3.05, 3.63) is 42.2 Å². The van der Waals surface area contributed by atoms with Crippen LogP contribution in [-0.2, 0) is 11.8 Å². The Morgan fingerprint density at radius 3 is 2.59 bits per heavy atom. The Balaban J connectivity index is 2.61. The van der Waals surface area contributed by atoms with E-state index in [1.165, 1.54) is 7.11 Å². The second-order valence-corrected chi connectivity index (χ2v) is 3.77. The lowest BCUT2D eigenvalue weighted by Gasteiger charge is -2.07. The first-order valence-corrected chi connectivity index (χ1v) is 5.23. The molecular formula is C13H14N2O2. The van der Waals surface area contributed by atoms with Gasteiger partial charge < -0.3 is 15.0 Å². The number of para-hydroxylation sites is 1. The van der Waals surface area contributed by atoms with Crippen molar-refractivity contribution in [1.29, 1.82) is 0 Å². The molecule has 0 saturated carbocycles. The maximum absolute atomic E-state index is 11.7. The SMILES string of the molecule is COC(=O)c1c(-c2ccccc2N)ccn1C. The van der Waals surface area contributed by atoms with Crippen LogP contribution in [0.15, 0.2) is 36.5 Å². The van der Waals surface area contributed by atoms with Gasteiger partial charge in [-0.15, -0.1) is 0 Å². The third-order valence-corrected chi connectivity index (χ3v) is 2.70. The Labute approximate surface area is 99.6 Å². The van der Waals surface area contributed by atoms with E-state index >= 15 is 0 Å². The number of nitrogens with zero attached hydrogens (tertiary/aromatic N) is 1. The molecular weight excluding hydrogens is 216 g/mol. The van der Waals surface area contributed by atoms with Gasteiger partial charge >= 0.3 is 5.97 Å². The highest BCUT2D eigenvalue weighted by atomic mass is 16.5. The van der Waals surface area contributed by atoms with Crippen molar-refractivity contribution in [2.45, 2.75) is 0 Å². The van der Waals surface area contributed by atoms with E-state index in [0.29, 0.717) is 11.4 Å². The molecule has 0 aliphatic carbocycles. The first-order chi connectivity index (χ1) is 8.15. The Bertz CT molecular complexity index is 558. The summed E-state index contributed by atoms with van der Waals surface area (Å²) >= 11 is 0. The molecule has 1 aromatic carbocycles. The van der Waals surface area contributed by atoms with Crippen LogP contribution in [0.1, 0.15) is 10.5 Å². The van der Waals surface area contributed by atoms with E-state index in [9.17, 15) is 4.79 Å². The Morgan fingerprint density at radius 2 is 1.94 bits per heavy atom. The minimum atomic E-state index is -0.365. The Kier molecular flexibility index (Phi) is 2.87. The minimum Gasteiger partial charge on any atom is -0.464 e. The van der Waals surface area contributed by atoms with E-state index in [1.54, 1.807) is 11.6 Å². The van der Waals surface area contributed by atoms with Gasteiger partial charge in [-0.3, -0.25) is 0 Å². The molecule has 2 rings (SSSR count). The summed E-state index contributed by atoms with van der Waals surface area (Å²) < 4.78 is 6.51. The number of anilines is 1. The monoisotopic (exact) mass is 230 g/mol. The number of esters is 1. The van der Waals surface area contributed by atoms with Crippen LogP contribution in [-0.4, -0.2) is 17.6 Å². The van der Waals surface area contributed by atoms with Crippen molar-refractivity contribution in [3.63, 3.8) is 0 Å². The third-order valence-electron chi connectivity index (χ3n) is 2.70. The van der Waals surface area contributed by atoms with Crippen LogP contribution in [0.5, 0.6) is 0 Å². The normalized spacial score (nSPS) is 10.2. The van der Waals surface area contributed by atoms with Gasteiger partial charge in [0, 0.05) is 30.1 Å². The summed E-state index contributed by atoms with van der Waals surface area (Å²) in [5.41, 5.74) is 8.69. The van der Waals surface area contributed by atoms with Gasteiger partial charge in [0.25, 0.3) is 0 Å². The third kappa shape index (κ3) is 1.89. The largest absolute Gasteiger partial charge is 0.464 e. The molecule has 2 aromatic rings. The average molecular weight is 230 g/mol. The first-order valence-electron chi connectivity index (χ1n) is 5.23. The smallest absolute Gasteiger partial charge is 0.355 e. The number of ether oxygens (including phenoxy) is 1. The summed E-state index contributed by atoms with van der Waals surface area (Å²) in [4.78, 5) is 11.7. The fraction of sp³-hybridized carbons (Fsp3) is 0.154. The second-order valence-electron chi connectivity index (χ2n) is 3.77. The lowest BCUT2D eigenvalue weighted by atomic mass is 10.0. The highest BCUT2D eigenvalue weighted by Crippen LogP contribution is 2.29. The van der Waals surface area contributed by atoms with Gasteiger partial charge in [0.05, 0.1) is 7.11 Å². The number of carbonyl (C=O) groups excluding carboxylic acids is 1. The zero-order chi connectivity index (χ0) is 12.4. The molecule has 0 fully saturated rings. The fourth-order valence-electron chi connectivity index (χ4n) is 1.84. The first kappa shape index (κ1) is 11.3. The number of carbonyl (C=O) groups is 1. The molecule has 17 heavy (non-hydrogen) atoms. The number of benzene rings is 1. The molecule has 0 unspecified atom stereocenters. The maximum Gasteiger partial charge on any atom is 0.355 e. The van der Waals surface area contributed by atoms with Crippen molar-refractivity contribution >= 4 is 11.7 Å². The number of aromatic nitrogens is 1. The molecule has 88 valence electrons. The van der Waals surface area contributed by atoms with Crippen LogP contribution in [0.2, 0.25) is 0 Å². The molecule has 0 atom stereocenters. The standard InChI is InChI=1S/C13H14N2O2/c1-15-8-7-10(12(15)13(16)17-2)9-5-3-4-6-11(9)14/h3-8H,14H2,1-2H3. The Morgan fingerprint density at radius 1 is 1.24 bits per heavy atom. The van der Waals surface area contributed by atoms with Gasteiger partial charge in [-0.1, -0.05) is 18.2 Å². The molecule has 0 aliphatic heterocycles. The minimum absolute atomic E-state index is 0.365. The van der Waals surface area contributed by atoms with Gasteiger partial charge in [0.2, 0.25) is 0 Å². The lowest BCUT2D eigenvalue weighted by molar-refractivity contribution is 0.0591. The molecule has 1 heterocycles. The zero-order valence-electron chi connectivity index (χ0n) is 9.81. The number of methoxy groups -OCH3 is 1. The number of nitrogen functional groups attached to an aromatic ring is 1. The summed E-state index contributed by atoms with van der Waals surface area (Å²) in [5, 5.41) is 0. The van der Waals surface area contributed by atoms with Gasteiger partial charge in [-0.2, -0.15) is 0 Å². The van der Waals surface area contributed by atoms with E-state index in [0.717, 1.165) is 11.1 Å². The quantitative estimate of drug-likeness (QED) is 0.634. The fourth-order valence-corrected chi connectivity index (χ4v) is 1.84. The van der Waals surface area contributed by atoms with Crippen LogP contribution in [0.25, 0.3) is 11.1 Å². The maximum atomic E-state index is 11.7. The molecule has 4 heteroatoms. The van der Waals surface area contributed by atoms with E-state index in [4.69, 9.17) is 10.5 Å². The van der Waals surface area contributed by atoms with E-state index in [1.807, 2.05) is 36.5 Å². The summed E-state index contributed by atoms with van der Waals surface area (Å²) in [6.45, 7) is 0. The number of aryl methyl sites for hydroxylation is 1. The summed E-state index contributed by atoms with van der Waals surface area (Å²) in [6.07, 6.45) is 1.81. The van der Waals surface area contributed by atoms with E-state index in [2.05, 4.69) is 0 Å². The predicted molar refractivity (Wildman–Crippen MR) is 66.6 cm³/mol. The number of hydrogen-bond donors (Lipinski definition) is 1. The van der Waals surface area contributed by atoms with Crippen LogP contribution in [0.4, 0.5) is 5.69 Å². The van der Waals surface area contributed by atoms with Gasteiger partial charge in [0.15, 0.2) is 0 Å². The molecule has 0 spiro atoms. The number of hydrogen-bond acceptors (Lipinski definition) is 3. The molecule has 0 amide bonds. The molecule has 1 aromatic heterocycles. The molecule has 0 bridgehead atoms. The second kappa shape index (κ2) is 4.33. The van der Waals surface area contributed by atoms with Gasteiger partial charge in [-0.05, 0) is 12.1 Å². The van der Waals surface area contributed by atoms with E-state index < -0.39 is 0 Å². The predicted octanol–water partition coefficient (Wildman–Crippen LogP) is 2.06. The van der Waals surface area contributed by atoms with Crippen LogP contribution in [0.3, 0.4) is 0 Å². The highest BCUT2D eigenvalue weighted by molar-refractivity contribution is 5.97. The summed E-state index contributed by atoms with van der Waals surface area (Å²) in [6, 6.07) is 9.30. The van der Waals surface area contributed by atoms with Crippen molar-refractivity contribution in [2.75, 3.05) is 12.8 Å². The van der Waals surface area contributed by atoms with Crippen LogP contribution >= 0.6 is 0 Å². The Hall–Kier alpha value is -2.23. The van der Waals surface area contributed by atoms with Crippen molar-refractivity contribution in [2.24, 2.45) is 7.05 Å². The topological polar surface area (TPSA) is 57.2 Å². The molecule has 4 nitrogen and oxygen atoms in total. The lowest BCUT2D eigenvalue weighted by Crippen LogP contribution is -2.08. The van der Waals surface area contributed by atoms with Crippen molar-refractivity contribution < 1.29 is 9.53 Å². The highest BCUT2D eigenvalue weighted by Gasteiger charge is 2.18. The molecule has 0 saturated heterocycles. The molecule has 2 N–H and O–H groups in total. The average Bonchev–Trinajstić information content (AvgIpc) is 2.71. The van der Waals surface area contributed by atoms with Gasteiger partial charge in [-0.25, -0.2) is 4.79 Å². The van der Waals surface area contributed by atoms with Gasteiger partial charge in [0.1, 0.15) is 5.69 Å². The number of nitrogens with two attached hydrogens (primary N) is 1. The van der Waals surface area contributed by atoms with Crippen LogP contribution in [0, 0.1) is 0 Å². The van der Waals surface area contributed by atoms with Crippen molar-refractivity contribution in [3.8, 4) is 11.1 Å². The van der Waals surface area contributed by atoms with Crippen molar-refractivity contribution in [1.82, 2.24) is 4.57 Å². The van der Waals surface area contributed by atoms with E-state index in [-0.39, 0.29) is 5.97 Å². The molecule has 0 aliphatic rings.